The molecule has 3 rings (SSSR count). The highest BCUT2D eigenvalue weighted by molar-refractivity contribution is 7.85. The van der Waals surface area contributed by atoms with Crippen LogP contribution in [0.1, 0.15) is 24.3 Å². The summed E-state index contributed by atoms with van der Waals surface area (Å²) >= 11 is 0. The molecule has 8 heteroatoms. The maximum atomic E-state index is 10.7. The molecular formula is C13H15N4O3S+. The average molecular weight is 307 g/mol. The van der Waals surface area contributed by atoms with Crippen molar-refractivity contribution >= 4 is 10.1 Å². The Labute approximate surface area is 122 Å². The smallest absolute Gasteiger partial charge is 0.271 e. The van der Waals surface area contributed by atoms with E-state index in [1.807, 2.05) is 12.4 Å². The van der Waals surface area contributed by atoms with E-state index >= 15 is 0 Å². The van der Waals surface area contributed by atoms with Gasteiger partial charge in [0.25, 0.3) is 10.1 Å². The molecule has 1 aliphatic rings. The first kappa shape index (κ1) is 14.0. The molecule has 1 N–H and O–H groups in total. The number of aryl methyl sites for hydroxylation is 1. The summed E-state index contributed by atoms with van der Waals surface area (Å²) in [7, 11) is -3.98. The first-order valence-electron chi connectivity index (χ1n) is 6.64. The molecule has 1 fully saturated rings. The van der Waals surface area contributed by atoms with Crippen LogP contribution in [0.2, 0.25) is 0 Å². The minimum absolute atomic E-state index is 0.0978. The Morgan fingerprint density at radius 2 is 1.95 bits per heavy atom. The van der Waals surface area contributed by atoms with Crippen LogP contribution in [0.4, 0.5) is 0 Å². The van der Waals surface area contributed by atoms with Crippen molar-refractivity contribution in [2.75, 3.05) is 5.75 Å². The van der Waals surface area contributed by atoms with E-state index in [1.54, 1.807) is 18.5 Å². The number of hydrogen-bond donors (Lipinski definition) is 1. The maximum Gasteiger partial charge on any atom is 0.271 e. The van der Waals surface area contributed by atoms with E-state index in [2.05, 4.69) is 15.1 Å². The predicted octanol–water partition coefficient (Wildman–Crippen LogP) is 0.591. The van der Waals surface area contributed by atoms with Crippen molar-refractivity contribution in [3.05, 3.63) is 36.4 Å². The predicted molar refractivity (Wildman–Crippen MR) is 73.8 cm³/mol. The van der Waals surface area contributed by atoms with Crippen molar-refractivity contribution in [3.8, 4) is 11.4 Å². The van der Waals surface area contributed by atoms with Gasteiger partial charge in [-0.15, -0.1) is 0 Å². The third-order valence-corrected chi connectivity index (χ3v) is 4.03. The normalized spacial score (nSPS) is 15.1. The molecule has 2 aromatic rings. The van der Waals surface area contributed by atoms with Crippen molar-refractivity contribution in [2.24, 2.45) is 0 Å². The summed E-state index contributed by atoms with van der Waals surface area (Å²) in [6.07, 6.45) is 9.33. The van der Waals surface area contributed by atoms with Crippen LogP contribution in [0, 0.1) is 0 Å². The van der Waals surface area contributed by atoms with Gasteiger partial charge in [0.2, 0.25) is 0 Å². The van der Waals surface area contributed by atoms with E-state index in [4.69, 9.17) is 4.55 Å². The summed E-state index contributed by atoms with van der Waals surface area (Å²) in [6, 6.07) is 1.77. The quantitative estimate of drug-likeness (QED) is 0.641. The Morgan fingerprint density at radius 3 is 2.48 bits per heavy atom. The van der Waals surface area contributed by atoms with Crippen molar-refractivity contribution < 1.29 is 17.7 Å². The molecule has 0 unspecified atom stereocenters. The van der Waals surface area contributed by atoms with Crippen molar-refractivity contribution in [1.29, 1.82) is 0 Å². The summed E-state index contributed by atoms with van der Waals surface area (Å²) in [4.78, 5) is 8.66. The molecule has 0 aromatic carbocycles. The zero-order chi connectivity index (χ0) is 14.9. The minimum atomic E-state index is -3.98. The molecule has 1 aliphatic carbocycles. The highest BCUT2D eigenvalue weighted by Crippen LogP contribution is 2.39. The molecule has 0 saturated heterocycles. The second-order valence-corrected chi connectivity index (χ2v) is 6.65. The lowest BCUT2D eigenvalue weighted by Crippen LogP contribution is -2.40. The molecule has 21 heavy (non-hydrogen) atoms. The number of nitrogens with zero attached hydrogens (tertiary/aromatic N) is 4. The number of rotatable bonds is 5. The van der Waals surface area contributed by atoms with Crippen LogP contribution in [0.15, 0.2) is 30.9 Å². The largest absolute Gasteiger partial charge is 0.285 e. The van der Waals surface area contributed by atoms with Gasteiger partial charge in [-0.05, 0) is 29.4 Å². The second kappa shape index (κ2) is 5.45. The van der Waals surface area contributed by atoms with Crippen LogP contribution in [0.25, 0.3) is 11.4 Å². The molecule has 0 spiro atoms. The highest BCUT2D eigenvalue weighted by atomic mass is 32.2. The van der Waals surface area contributed by atoms with Crippen LogP contribution < -0.4 is 4.68 Å². The standard InChI is InChI=1S/C13H14N4O3S/c18-21(19,20)6-5-17-4-3-11(9-16-17)13-14-7-12(8-15-13)10-1-2-10/h3-4,7-10H,1-2,5-6H2/p+1. The van der Waals surface area contributed by atoms with Gasteiger partial charge in [-0.25, -0.2) is 9.97 Å². The van der Waals surface area contributed by atoms with Crippen LogP contribution >= 0.6 is 0 Å². The van der Waals surface area contributed by atoms with Gasteiger partial charge in [0, 0.05) is 24.0 Å². The monoisotopic (exact) mass is 307 g/mol. The van der Waals surface area contributed by atoms with Gasteiger partial charge in [0.1, 0.15) is 11.9 Å². The van der Waals surface area contributed by atoms with Crippen molar-refractivity contribution in [3.63, 3.8) is 0 Å². The first-order valence-corrected chi connectivity index (χ1v) is 8.25. The second-order valence-electron chi connectivity index (χ2n) is 5.08. The maximum absolute atomic E-state index is 10.7. The molecule has 0 bridgehead atoms. The molecule has 1 saturated carbocycles. The van der Waals surface area contributed by atoms with E-state index in [-0.39, 0.29) is 12.3 Å². The van der Waals surface area contributed by atoms with E-state index in [9.17, 15) is 8.42 Å². The van der Waals surface area contributed by atoms with Gasteiger partial charge in [-0.3, -0.25) is 4.55 Å². The molecule has 0 atom stereocenters. The summed E-state index contributed by atoms with van der Waals surface area (Å²) in [6.45, 7) is 0.0978. The van der Waals surface area contributed by atoms with Gasteiger partial charge in [0.15, 0.2) is 18.6 Å². The zero-order valence-electron chi connectivity index (χ0n) is 11.3. The molecule has 0 radical (unpaired) electrons. The van der Waals surface area contributed by atoms with E-state index in [0.717, 1.165) is 5.56 Å². The molecular weight excluding hydrogens is 292 g/mol. The van der Waals surface area contributed by atoms with E-state index < -0.39 is 10.1 Å². The fraction of sp³-hybridized carbons (Fsp3) is 0.385. The Kier molecular flexibility index (Phi) is 3.64. The lowest BCUT2D eigenvalue weighted by molar-refractivity contribution is -0.750. The number of hydrogen-bond acceptors (Lipinski definition) is 5. The molecule has 2 aromatic heterocycles. The fourth-order valence-electron chi connectivity index (χ4n) is 1.97. The summed E-state index contributed by atoms with van der Waals surface area (Å²) in [5, 5.41) is 4.09. The lowest BCUT2D eigenvalue weighted by atomic mass is 10.2. The van der Waals surface area contributed by atoms with Gasteiger partial charge in [0.05, 0.1) is 0 Å². The van der Waals surface area contributed by atoms with E-state index in [0.29, 0.717) is 11.7 Å². The van der Waals surface area contributed by atoms with Gasteiger partial charge in [-0.2, -0.15) is 8.42 Å². The summed E-state index contributed by atoms with van der Waals surface area (Å²) in [5.41, 5.74) is 1.94. The molecule has 2 heterocycles. The molecule has 0 aliphatic heterocycles. The lowest BCUT2D eigenvalue weighted by Gasteiger charge is -2.00. The van der Waals surface area contributed by atoms with Gasteiger partial charge < -0.3 is 0 Å². The Hall–Kier alpha value is -1.93. The minimum Gasteiger partial charge on any atom is -0.285 e. The fourth-order valence-corrected chi connectivity index (χ4v) is 2.39. The Balaban J connectivity index is 1.71. The molecule has 110 valence electrons. The molecule has 7 nitrogen and oxygen atoms in total. The van der Waals surface area contributed by atoms with Crippen LogP contribution in [-0.4, -0.2) is 33.8 Å². The van der Waals surface area contributed by atoms with Gasteiger partial charge >= 0.3 is 0 Å². The summed E-state index contributed by atoms with van der Waals surface area (Å²) in [5.74, 6) is 0.848. The van der Waals surface area contributed by atoms with Crippen LogP contribution in [-0.2, 0) is 16.7 Å². The van der Waals surface area contributed by atoms with Crippen LogP contribution in [0.3, 0.4) is 0 Å². The SMILES string of the molecule is O=S(=O)(O)CC[n+]1ccc(-c2ncc(C3CC3)cn2)cn1. The van der Waals surface area contributed by atoms with Crippen molar-refractivity contribution in [1.82, 2.24) is 15.1 Å². The highest BCUT2D eigenvalue weighted by Gasteiger charge is 2.24. The van der Waals surface area contributed by atoms with E-state index in [1.165, 1.54) is 23.1 Å². The third-order valence-electron chi connectivity index (χ3n) is 3.33. The van der Waals surface area contributed by atoms with Crippen molar-refractivity contribution in [2.45, 2.75) is 25.3 Å². The van der Waals surface area contributed by atoms with Crippen LogP contribution in [0.5, 0.6) is 0 Å². The number of aromatic nitrogens is 4. The zero-order valence-corrected chi connectivity index (χ0v) is 12.1. The Morgan fingerprint density at radius 1 is 1.24 bits per heavy atom. The summed E-state index contributed by atoms with van der Waals surface area (Å²) < 4.78 is 31.5. The topological polar surface area (TPSA) is 96.9 Å². The Bertz CT molecular complexity index is 725. The third kappa shape index (κ3) is 3.79. The first-order chi connectivity index (χ1) is 10.0. The van der Waals surface area contributed by atoms with Gasteiger partial charge in [-0.1, -0.05) is 4.68 Å². The average Bonchev–Trinajstić information content (AvgIpc) is 3.30. The molecule has 0 amide bonds.